The van der Waals surface area contributed by atoms with Gasteiger partial charge >= 0.3 is 0 Å². The van der Waals surface area contributed by atoms with Crippen LogP contribution in [0.1, 0.15) is 10.4 Å². The Hall–Kier alpha value is -2.13. The number of hydrogen-bond acceptors (Lipinski definition) is 3. The highest BCUT2D eigenvalue weighted by Gasteiger charge is 2.27. The van der Waals surface area contributed by atoms with Crippen molar-refractivity contribution in [3.63, 3.8) is 0 Å². The van der Waals surface area contributed by atoms with Crippen LogP contribution in [0, 0.1) is 0 Å². The van der Waals surface area contributed by atoms with E-state index in [1.165, 1.54) is 7.11 Å². The number of rotatable bonds is 1. The Morgan fingerprint density at radius 1 is 0.944 bits per heavy atom. The van der Waals surface area contributed by atoms with Gasteiger partial charge in [0.25, 0.3) is 0 Å². The number of benzene rings is 2. The van der Waals surface area contributed by atoms with Gasteiger partial charge in [0.2, 0.25) is 5.78 Å². The van der Waals surface area contributed by atoms with Gasteiger partial charge in [-0.3, -0.25) is 4.79 Å². The summed E-state index contributed by atoms with van der Waals surface area (Å²) >= 11 is 0. The van der Waals surface area contributed by atoms with Crippen LogP contribution < -0.4 is 5.32 Å². The van der Waals surface area contributed by atoms with E-state index in [2.05, 4.69) is 5.32 Å². The van der Waals surface area contributed by atoms with Crippen molar-refractivity contribution in [3.8, 4) is 11.1 Å². The van der Waals surface area contributed by atoms with Gasteiger partial charge in [-0.15, -0.1) is 0 Å². The molecule has 0 bridgehead atoms. The van der Waals surface area contributed by atoms with E-state index < -0.39 is 6.23 Å². The lowest BCUT2D eigenvalue weighted by atomic mass is 9.97. The van der Waals surface area contributed by atoms with Crippen molar-refractivity contribution in [1.82, 2.24) is 0 Å². The van der Waals surface area contributed by atoms with Crippen LogP contribution in [0.4, 0.5) is 5.69 Å². The van der Waals surface area contributed by atoms with Gasteiger partial charge in [0.05, 0.1) is 0 Å². The molecule has 1 unspecified atom stereocenters. The topological polar surface area (TPSA) is 38.3 Å². The van der Waals surface area contributed by atoms with Crippen LogP contribution in [0.2, 0.25) is 0 Å². The van der Waals surface area contributed by atoms with Crippen molar-refractivity contribution in [2.75, 3.05) is 12.4 Å². The molecule has 3 rings (SSSR count). The predicted molar refractivity (Wildman–Crippen MR) is 70.6 cm³/mol. The number of carbonyl (C=O) groups excluding carboxylic acids is 1. The summed E-state index contributed by atoms with van der Waals surface area (Å²) in [4.78, 5) is 12.3. The average Bonchev–Trinajstić information content (AvgIpc) is 2.55. The van der Waals surface area contributed by atoms with Gasteiger partial charge in [0.15, 0.2) is 6.23 Å². The van der Waals surface area contributed by atoms with Gasteiger partial charge in [0.1, 0.15) is 0 Å². The first kappa shape index (κ1) is 11.0. The largest absolute Gasteiger partial charge is 0.354 e. The maximum atomic E-state index is 12.3. The van der Waals surface area contributed by atoms with E-state index >= 15 is 0 Å². The summed E-state index contributed by atoms with van der Waals surface area (Å²) in [6.45, 7) is 0. The summed E-state index contributed by atoms with van der Waals surface area (Å²) in [7, 11) is 1.53. The molecule has 1 heterocycles. The number of anilines is 1. The third-order valence-corrected chi connectivity index (χ3v) is 3.17. The number of Topliss-reactive ketones (excluding diaryl/α,β-unsaturated/α-hetero) is 1. The molecule has 3 heteroatoms. The molecule has 1 aliphatic heterocycles. The molecule has 0 radical (unpaired) electrons. The van der Waals surface area contributed by atoms with E-state index in [1.54, 1.807) is 0 Å². The summed E-state index contributed by atoms with van der Waals surface area (Å²) in [5.74, 6) is -0.0377. The first-order chi connectivity index (χ1) is 8.81. The summed E-state index contributed by atoms with van der Waals surface area (Å²) < 4.78 is 5.24. The lowest BCUT2D eigenvalue weighted by Gasteiger charge is -2.14. The minimum atomic E-state index is -0.630. The molecule has 1 atom stereocenters. The molecule has 18 heavy (non-hydrogen) atoms. The van der Waals surface area contributed by atoms with E-state index in [0.29, 0.717) is 5.56 Å². The lowest BCUT2D eigenvalue weighted by molar-refractivity contribution is 0.0680. The second-order valence-corrected chi connectivity index (χ2v) is 4.22. The number of carbonyl (C=O) groups is 1. The molecule has 0 spiro atoms. The zero-order valence-corrected chi connectivity index (χ0v) is 10.0. The highest BCUT2D eigenvalue weighted by atomic mass is 16.5. The fourth-order valence-corrected chi connectivity index (χ4v) is 2.29. The fourth-order valence-electron chi connectivity index (χ4n) is 2.29. The van der Waals surface area contributed by atoms with Crippen molar-refractivity contribution in [2.24, 2.45) is 0 Å². The van der Waals surface area contributed by atoms with Crippen LogP contribution in [0.5, 0.6) is 0 Å². The van der Waals surface area contributed by atoms with Gasteiger partial charge in [-0.25, -0.2) is 0 Å². The molecule has 0 amide bonds. The number of nitrogens with one attached hydrogen (secondary N) is 1. The highest BCUT2D eigenvalue weighted by Crippen LogP contribution is 2.34. The second kappa shape index (κ2) is 4.27. The van der Waals surface area contributed by atoms with Crippen LogP contribution in [-0.2, 0) is 4.74 Å². The maximum absolute atomic E-state index is 12.3. The Balaban J connectivity index is 2.28. The molecule has 1 aliphatic rings. The number of hydrogen-bond donors (Lipinski definition) is 1. The number of fused-ring (bicyclic) bond motifs is 3. The monoisotopic (exact) mass is 239 g/mol. The number of para-hydroxylation sites is 1. The van der Waals surface area contributed by atoms with Crippen LogP contribution >= 0.6 is 0 Å². The third-order valence-electron chi connectivity index (χ3n) is 3.17. The minimum Gasteiger partial charge on any atom is -0.354 e. The molecule has 3 nitrogen and oxygen atoms in total. The number of ether oxygens (including phenoxy) is 1. The van der Waals surface area contributed by atoms with Gasteiger partial charge in [-0.1, -0.05) is 42.5 Å². The summed E-state index contributed by atoms with van der Waals surface area (Å²) in [5.41, 5.74) is 3.59. The molecular weight excluding hydrogens is 226 g/mol. The maximum Gasteiger partial charge on any atom is 0.212 e. The summed E-state index contributed by atoms with van der Waals surface area (Å²) in [6.07, 6.45) is -0.630. The minimum absolute atomic E-state index is 0.0377. The number of methoxy groups -OCH3 is 1. The first-order valence-corrected chi connectivity index (χ1v) is 5.83. The lowest BCUT2D eigenvalue weighted by Crippen LogP contribution is -2.30. The summed E-state index contributed by atoms with van der Waals surface area (Å²) in [6, 6.07) is 15.5. The van der Waals surface area contributed by atoms with Crippen molar-refractivity contribution in [2.45, 2.75) is 6.23 Å². The Morgan fingerprint density at radius 3 is 2.28 bits per heavy atom. The third kappa shape index (κ3) is 1.60. The molecule has 1 N–H and O–H groups in total. The SMILES string of the molecule is COC1Nc2ccccc2-c2ccccc2C1=O. The van der Waals surface area contributed by atoms with E-state index in [9.17, 15) is 4.79 Å². The highest BCUT2D eigenvalue weighted by molar-refractivity contribution is 6.09. The predicted octanol–water partition coefficient (Wildman–Crippen LogP) is 2.93. The Bertz CT molecular complexity index is 607. The van der Waals surface area contributed by atoms with Crippen molar-refractivity contribution in [1.29, 1.82) is 0 Å². The van der Waals surface area contributed by atoms with E-state index in [1.807, 2.05) is 48.5 Å². The molecule has 0 saturated carbocycles. The van der Waals surface area contributed by atoms with Gasteiger partial charge < -0.3 is 10.1 Å². The average molecular weight is 239 g/mol. The Labute approximate surface area is 105 Å². The smallest absolute Gasteiger partial charge is 0.212 e. The molecule has 0 saturated heterocycles. The second-order valence-electron chi connectivity index (χ2n) is 4.22. The molecule has 2 aromatic carbocycles. The van der Waals surface area contributed by atoms with Crippen molar-refractivity contribution < 1.29 is 9.53 Å². The van der Waals surface area contributed by atoms with Gasteiger partial charge in [-0.05, 0) is 11.6 Å². The normalized spacial score (nSPS) is 17.4. The molecule has 90 valence electrons. The van der Waals surface area contributed by atoms with Crippen molar-refractivity contribution in [3.05, 3.63) is 54.1 Å². The summed E-state index contributed by atoms with van der Waals surface area (Å²) in [5, 5.41) is 3.13. The Morgan fingerprint density at radius 2 is 1.56 bits per heavy atom. The zero-order valence-electron chi connectivity index (χ0n) is 10.0. The van der Waals surface area contributed by atoms with Crippen LogP contribution in [0.15, 0.2) is 48.5 Å². The molecule has 2 aromatic rings. The molecule has 0 fully saturated rings. The van der Waals surface area contributed by atoms with E-state index in [0.717, 1.165) is 16.8 Å². The standard InChI is InChI=1S/C15H13NO2/c1-18-15-14(17)12-8-3-2-6-10(12)11-7-4-5-9-13(11)16-15/h2-9,15-16H,1H3. The van der Waals surface area contributed by atoms with Crippen LogP contribution in [-0.4, -0.2) is 19.1 Å². The molecular formula is C15H13NO2. The first-order valence-electron chi connectivity index (χ1n) is 5.83. The zero-order chi connectivity index (χ0) is 12.5. The van der Waals surface area contributed by atoms with Gasteiger partial charge in [-0.2, -0.15) is 0 Å². The van der Waals surface area contributed by atoms with E-state index in [-0.39, 0.29) is 5.78 Å². The quantitative estimate of drug-likeness (QED) is 0.831. The molecule has 0 aliphatic carbocycles. The van der Waals surface area contributed by atoms with Crippen LogP contribution in [0.3, 0.4) is 0 Å². The Kier molecular flexibility index (Phi) is 2.61. The van der Waals surface area contributed by atoms with E-state index in [4.69, 9.17) is 4.74 Å². The molecule has 0 aromatic heterocycles. The number of ketones is 1. The van der Waals surface area contributed by atoms with Crippen molar-refractivity contribution >= 4 is 11.5 Å². The van der Waals surface area contributed by atoms with Gasteiger partial charge in [0, 0.05) is 23.9 Å². The fraction of sp³-hybridized carbons (Fsp3) is 0.133. The van der Waals surface area contributed by atoms with Crippen LogP contribution in [0.25, 0.3) is 11.1 Å².